The highest BCUT2D eigenvalue weighted by Crippen LogP contribution is 2.13. The molecule has 1 aromatic carbocycles. The third-order valence-electron chi connectivity index (χ3n) is 2.40. The molecule has 0 unspecified atom stereocenters. The standard InChI is InChI=1S/C13H15NO6/c1-8(13(17)18)14-12(16)9-4-3-5-10(6-9)20-7-11(15)19-2/h3-6,8H,7H2,1-2H3,(H,14,16)(H,17,18)/t8-/m0/s1. The molecule has 0 heterocycles. The minimum Gasteiger partial charge on any atom is -0.482 e. The van der Waals surface area contributed by atoms with E-state index >= 15 is 0 Å². The van der Waals surface area contributed by atoms with Crippen molar-refractivity contribution < 1.29 is 29.0 Å². The third-order valence-corrected chi connectivity index (χ3v) is 2.40. The lowest BCUT2D eigenvalue weighted by Gasteiger charge is -2.10. The van der Waals surface area contributed by atoms with Crippen molar-refractivity contribution in [3.8, 4) is 5.75 Å². The van der Waals surface area contributed by atoms with Crippen LogP contribution in [0.4, 0.5) is 0 Å². The van der Waals surface area contributed by atoms with Gasteiger partial charge in [-0.2, -0.15) is 0 Å². The normalized spacial score (nSPS) is 11.3. The molecule has 0 aliphatic rings. The van der Waals surface area contributed by atoms with Crippen LogP contribution in [0.2, 0.25) is 0 Å². The van der Waals surface area contributed by atoms with Crippen molar-refractivity contribution >= 4 is 17.8 Å². The number of esters is 1. The van der Waals surface area contributed by atoms with Crippen LogP contribution in [0.25, 0.3) is 0 Å². The number of nitrogens with one attached hydrogen (secondary N) is 1. The zero-order chi connectivity index (χ0) is 15.1. The average Bonchev–Trinajstić information content (AvgIpc) is 2.44. The first-order chi connectivity index (χ1) is 9.43. The van der Waals surface area contributed by atoms with E-state index in [-0.39, 0.29) is 12.2 Å². The fourth-order valence-electron chi connectivity index (χ4n) is 1.27. The molecular weight excluding hydrogens is 266 g/mol. The third kappa shape index (κ3) is 4.60. The van der Waals surface area contributed by atoms with Gasteiger partial charge in [0, 0.05) is 5.56 Å². The Kier molecular flexibility index (Phi) is 5.52. The van der Waals surface area contributed by atoms with Gasteiger partial charge in [-0.1, -0.05) is 6.07 Å². The first-order valence-corrected chi connectivity index (χ1v) is 5.77. The molecule has 1 aromatic rings. The van der Waals surface area contributed by atoms with Crippen LogP contribution in [0.5, 0.6) is 5.75 Å². The Balaban J connectivity index is 2.69. The van der Waals surface area contributed by atoms with Crippen LogP contribution in [0.3, 0.4) is 0 Å². The summed E-state index contributed by atoms with van der Waals surface area (Å²) in [7, 11) is 1.24. The van der Waals surface area contributed by atoms with Gasteiger partial charge in [0.15, 0.2) is 6.61 Å². The molecule has 20 heavy (non-hydrogen) atoms. The number of benzene rings is 1. The van der Waals surface area contributed by atoms with Gasteiger partial charge in [-0.3, -0.25) is 9.59 Å². The maximum atomic E-state index is 11.8. The molecule has 0 spiro atoms. The molecule has 2 N–H and O–H groups in total. The summed E-state index contributed by atoms with van der Waals surface area (Å²) in [5.41, 5.74) is 0.237. The number of methoxy groups -OCH3 is 1. The summed E-state index contributed by atoms with van der Waals surface area (Å²) in [6, 6.07) is 5.05. The molecule has 7 nitrogen and oxygen atoms in total. The zero-order valence-electron chi connectivity index (χ0n) is 11.1. The molecule has 1 rings (SSSR count). The summed E-state index contributed by atoms with van der Waals surface area (Å²) in [5.74, 6) is -1.90. The lowest BCUT2D eigenvalue weighted by atomic mass is 10.2. The van der Waals surface area contributed by atoms with Crippen molar-refractivity contribution in [2.24, 2.45) is 0 Å². The van der Waals surface area contributed by atoms with E-state index in [1.54, 1.807) is 12.1 Å². The second-order valence-corrected chi connectivity index (χ2v) is 3.93. The predicted molar refractivity (Wildman–Crippen MR) is 68.5 cm³/mol. The summed E-state index contributed by atoms with van der Waals surface area (Å²) >= 11 is 0. The van der Waals surface area contributed by atoms with E-state index < -0.39 is 23.9 Å². The molecule has 0 aliphatic carbocycles. The van der Waals surface area contributed by atoms with E-state index in [4.69, 9.17) is 9.84 Å². The van der Waals surface area contributed by atoms with Crippen molar-refractivity contribution in [3.63, 3.8) is 0 Å². The summed E-state index contributed by atoms with van der Waals surface area (Å²) in [4.78, 5) is 33.4. The molecule has 0 saturated carbocycles. The number of rotatable bonds is 6. The summed E-state index contributed by atoms with van der Waals surface area (Å²) < 4.78 is 9.55. The van der Waals surface area contributed by atoms with Crippen LogP contribution in [-0.4, -0.2) is 42.7 Å². The van der Waals surface area contributed by atoms with Crippen molar-refractivity contribution in [2.45, 2.75) is 13.0 Å². The molecule has 0 bridgehead atoms. The Morgan fingerprint density at radius 3 is 2.65 bits per heavy atom. The van der Waals surface area contributed by atoms with Gasteiger partial charge in [0.2, 0.25) is 0 Å². The first-order valence-electron chi connectivity index (χ1n) is 5.77. The molecule has 0 aromatic heterocycles. The van der Waals surface area contributed by atoms with E-state index in [1.807, 2.05) is 0 Å². The number of carboxylic acid groups (broad SMARTS) is 1. The van der Waals surface area contributed by atoms with Gasteiger partial charge in [-0.25, -0.2) is 4.79 Å². The minimum atomic E-state index is -1.13. The fourth-order valence-corrected chi connectivity index (χ4v) is 1.27. The van der Waals surface area contributed by atoms with Gasteiger partial charge in [0.25, 0.3) is 5.91 Å². The number of ether oxygens (including phenoxy) is 2. The van der Waals surface area contributed by atoms with Crippen LogP contribution in [-0.2, 0) is 14.3 Å². The second kappa shape index (κ2) is 7.13. The van der Waals surface area contributed by atoms with Crippen LogP contribution in [0.1, 0.15) is 17.3 Å². The lowest BCUT2D eigenvalue weighted by molar-refractivity contribution is -0.143. The van der Waals surface area contributed by atoms with Gasteiger partial charge in [-0.05, 0) is 25.1 Å². The zero-order valence-corrected chi connectivity index (χ0v) is 11.1. The quantitative estimate of drug-likeness (QED) is 0.734. The number of carbonyl (C=O) groups is 3. The molecule has 7 heteroatoms. The van der Waals surface area contributed by atoms with Gasteiger partial charge < -0.3 is 19.9 Å². The van der Waals surface area contributed by atoms with Gasteiger partial charge >= 0.3 is 11.9 Å². The van der Waals surface area contributed by atoms with Crippen LogP contribution in [0.15, 0.2) is 24.3 Å². The Labute approximate surface area is 115 Å². The second-order valence-electron chi connectivity index (χ2n) is 3.93. The smallest absolute Gasteiger partial charge is 0.343 e. The molecular formula is C13H15NO6. The number of carboxylic acids is 1. The molecule has 1 amide bonds. The molecule has 0 radical (unpaired) electrons. The Hall–Kier alpha value is -2.57. The largest absolute Gasteiger partial charge is 0.482 e. The maximum absolute atomic E-state index is 11.8. The van der Waals surface area contributed by atoms with E-state index in [0.717, 1.165) is 0 Å². The summed E-state index contributed by atoms with van der Waals surface area (Å²) in [5, 5.41) is 11.0. The predicted octanol–water partition coefficient (Wildman–Crippen LogP) is 0.441. The number of hydrogen-bond donors (Lipinski definition) is 2. The van der Waals surface area contributed by atoms with Crippen LogP contribution >= 0.6 is 0 Å². The van der Waals surface area contributed by atoms with Gasteiger partial charge in [-0.15, -0.1) is 0 Å². The highest BCUT2D eigenvalue weighted by molar-refractivity contribution is 5.96. The average molecular weight is 281 g/mol. The number of hydrogen-bond acceptors (Lipinski definition) is 5. The van der Waals surface area contributed by atoms with E-state index in [0.29, 0.717) is 5.75 Å². The molecule has 0 aliphatic heterocycles. The Morgan fingerprint density at radius 2 is 2.05 bits per heavy atom. The number of carbonyl (C=O) groups excluding carboxylic acids is 2. The van der Waals surface area contributed by atoms with E-state index in [2.05, 4.69) is 10.1 Å². The van der Waals surface area contributed by atoms with Gasteiger partial charge in [0.1, 0.15) is 11.8 Å². The van der Waals surface area contributed by atoms with Crippen molar-refractivity contribution in [2.75, 3.05) is 13.7 Å². The Morgan fingerprint density at radius 1 is 1.35 bits per heavy atom. The number of aliphatic carboxylic acids is 1. The molecule has 1 atom stereocenters. The van der Waals surface area contributed by atoms with E-state index in [1.165, 1.54) is 26.2 Å². The van der Waals surface area contributed by atoms with E-state index in [9.17, 15) is 14.4 Å². The molecule has 108 valence electrons. The Bertz CT molecular complexity index is 513. The fraction of sp³-hybridized carbons (Fsp3) is 0.308. The van der Waals surface area contributed by atoms with Crippen LogP contribution in [0, 0.1) is 0 Å². The van der Waals surface area contributed by atoms with Gasteiger partial charge in [0.05, 0.1) is 7.11 Å². The first kappa shape index (κ1) is 15.5. The minimum absolute atomic E-state index is 0.237. The lowest BCUT2D eigenvalue weighted by Crippen LogP contribution is -2.38. The van der Waals surface area contributed by atoms with Crippen molar-refractivity contribution in [3.05, 3.63) is 29.8 Å². The topological polar surface area (TPSA) is 102 Å². The highest BCUT2D eigenvalue weighted by atomic mass is 16.6. The SMILES string of the molecule is COC(=O)COc1cccc(C(=O)N[C@@H](C)C(=O)O)c1. The van der Waals surface area contributed by atoms with Crippen molar-refractivity contribution in [1.82, 2.24) is 5.32 Å². The molecule has 0 saturated heterocycles. The number of amides is 1. The highest BCUT2D eigenvalue weighted by Gasteiger charge is 2.15. The summed E-state index contributed by atoms with van der Waals surface area (Å²) in [6.07, 6.45) is 0. The molecule has 0 fully saturated rings. The van der Waals surface area contributed by atoms with Crippen molar-refractivity contribution in [1.29, 1.82) is 0 Å². The maximum Gasteiger partial charge on any atom is 0.343 e. The monoisotopic (exact) mass is 281 g/mol. The summed E-state index contributed by atoms with van der Waals surface area (Å²) in [6.45, 7) is 1.09. The van der Waals surface area contributed by atoms with Crippen LogP contribution < -0.4 is 10.1 Å².